The first kappa shape index (κ1) is 13.5. The molecule has 0 spiro atoms. The minimum Gasteiger partial charge on any atom is -0.330 e. The van der Waals surface area contributed by atoms with E-state index in [0.717, 1.165) is 42.9 Å². The molecule has 0 aromatic carbocycles. The molecule has 1 aliphatic carbocycles. The predicted octanol–water partition coefficient (Wildman–Crippen LogP) is 2.63. The molecule has 0 atom stereocenters. The fraction of sp³-hybridized carbons (Fsp3) is 0.857. The van der Waals surface area contributed by atoms with Crippen LogP contribution in [-0.4, -0.2) is 21.7 Å². The molecule has 0 saturated heterocycles. The molecule has 0 amide bonds. The monoisotopic (exact) mass is 250 g/mol. The zero-order chi connectivity index (χ0) is 13.0. The highest BCUT2D eigenvalue weighted by Gasteiger charge is 2.26. The molecule has 1 heterocycles. The van der Waals surface area contributed by atoms with E-state index in [9.17, 15) is 0 Å². The number of hydrogen-bond donors (Lipinski definition) is 2. The van der Waals surface area contributed by atoms with Crippen molar-refractivity contribution >= 4 is 0 Å². The number of aromatic amines is 1. The van der Waals surface area contributed by atoms with Crippen LogP contribution in [0.2, 0.25) is 0 Å². The largest absolute Gasteiger partial charge is 0.330 e. The van der Waals surface area contributed by atoms with Crippen molar-refractivity contribution in [3.8, 4) is 0 Å². The molecule has 1 aliphatic rings. The molecular weight excluding hydrogens is 224 g/mol. The summed E-state index contributed by atoms with van der Waals surface area (Å²) in [6.07, 6.45) is 7.05. The highest BCUT2D eigenvalue weighted by Crippen LogP contribution is 2.37. The van der Waals surface area contributed by atoms with Crippen molar-refractivity contribution in [2.24, 2.45) is 17.6 Å². The quantitative estimate of drug-likeness (QED) is 0.844. The van der Waals surface area contributed by atoms with Crippen molar-refractivity contribution in [2.45, 2.75) is 58.3 Å². The second-order valence-corrected chi connectivity index (χ2v) is 5.89. The minimum atomic E-state index is 0.572. The average Bonchev–Trinajstić information content (AvgIpc) is 2.85. The third-order valence-electron chi connectivity index (χ3n) is 4.25. The van der Waals surface area contributed by atoms with Crippen LogP contribution in [0.15, 0.2) is 0 Å². The number of nitrogens with two attached hydrogens (primary N) is 1. The lowest BCUT2D eigenvalue weighted by Crippen LogP contribution is -2.18. The first-order chi connectivity index (χ1) is 8.70. The SMILES string of the molecule is CC(C)C1CCC(c2n[nH]c(CCCN)n2)CC1. The van der Waals surface area contributed by atoms with Crippen molar-refractivity contribution in [3.63, 3.8) is 0 Å². The van der Waals surface area contributed by atoms with E-state index in [1.807, 2.05) is 0 Å². The maximum Gasteiger partial charge on any atom is 0.153 e. The molecule has 4 nitrogen and oxygen atoms in total. The van der Waals surface area contributed by atoms with Gasteiger partial charge in [0.1, 0.15) is 5.82 Å². The van der Waals surface area contributed by atoms with Crippen molar-refractivity contribution in [1.82, 2.24) is 15.2 Å². The number of aromatic nitrogens is 3. The number of nitrogens with one attached hydrogen (secondary N) is 1. The van der Waals surface area contributed by atoms with Gasteiger partial charge in [-0.3, -0.25) is 5.10 Å². The van der Waals surface area contributed by atoms with E-state index in [-0.39, 0.29) is 0 Å². The smallest absolute Gasteiger partial charge is 0.153 e. The molecule has 0 bridgehead atoms. The van der Waals surface area contributed by atoms with Gasteiger partial charge in [0.2, 0.25) is 0 Å². The summed E-state index contributed by atoms with van der Waals surface area (Å²) in [4.78, 5) is 4.62. The molecule has 1 aromatic heterocycles. The molecule has 4 heteroatoms. The fourth-order valence-corrected chi connectivity index (χ4v) is 2.92. The summed E-state index contributed by atoms with van der Waals surface area (Å²) in [5, 5.41) is 7.44. The molecule has 2 rings (SSSR count). The van der Waals surface area contributed by atoms with Crippen LogP contribution in [-0.2, 0) is 6.42 Å². The van der Waals surface area contributed by atoms with Gasteiger partial charge in [-0.05, 0) is 50.5 Å². The highest BCUT2D eigenvalue weighted by atomic mass is 15.2. The Hall–Kier alpha value is -0.900. The number of hydrogen-bond acceptors (Lipinski definition) is 3. The van der Waals surface area contributed by atoms with Gasteiger partial charge in [-0.1, -0.05) is 13.8 Å². The number of rotatable bonds is 5. The molecule has 3 N–H and O–H groups in total. The number of aryl methyl sites for hydroxylation is 1. The molecule has 102 valence electrons. The van der Waals surface area contributed by atoms with Crippen LogP contribution in [0, 0.1) is 11.8 Å². The van der Waals surface area contributed by atoms with Crippen LogP contribution >= 0.6 is 0 Å². The predicted molar refractivity (Wildman–Crippen MR) is 73.3 cm³/mol. The van der Waals surface area contributed by atoms with Crippen LogP contribution in [0.4, 0.5) is 0 Å². The van der Waals surface area contributed by atoms with Gasteiger partial charge in [-0.25, -0.2) is 4.98 Å². The molecular formula is C14H26N4. The topological polar surface area (TPSA) is 67.6 Å². The molecule has 0 radical (unpaired) electrons. The third-order valence-corrected chi connectivity index (χ3v) is 4.25. The fourth-order valence-electron chi connectivity index (χ4n) is 2.92. The summed E-state index contributed by atoms with van der Waals surface area (Å²) in [7, 11) is 0. The van der Waals surface area contributed by atoms with Crippen LogP contribution in [0.3, 0.4) is 0 Å². The molecule has 0 aliphatic heterocycles. The van der Waals surface area contributed by atoms with Crippen molar-refractivity contribution in [1.29, 1.82) is 0 Å². The lowest BCUT2D eigenvalue weighted by molar-refractivity contribution is 0.255. The van der Waals surface area contributed by atoms with E-state index < -0.39 is 0 Å². The number of H-pyrrole nitrogens is 1. The molecule has 18 heavy (non-hydrogen) atoms. The lowest BCUT2D eigenvalue weighted by atomic mass is 9.77. The standard InChI is InChI=1S/C14H26N4/c1-10(2)11-5-7-12(8-6-11)14-16-13(17-18-14)4-3-9-15/h10-12H,3-9,15H2,1-2H3,(H,16,17,18). The van der Waals surface area contributed by atoms with E-state index in [1.165, 1.54) is 25.7 Å². The number of nitrogens with zero attached hydrogens (tertiary/aromatic N) is 2. The lowest BCUT2D eigenvalue weighted by Gasteiger charge is -2.29. The normalized spacial score (nSPS) is 24.7. The van der Waals surface area contributed by atoms with Crippen LogP contribution < -0.4 is 5.73 Å². The molecule has 1 saturated carbocycles. The van der Waals surface area contributed by atoms with E-state index in [0.29, 0.717) is 5.92 Å². The van der Waals surface area contributed by atoms with Crippen molar-refractivity contribution in [3.05, 3.63) is 11.6 Å². The second-order valence-electron chi connectivity index (χ2n) is 5.89. The summed E-state index contributed by atoms with van der Waals surface area (Å²) in [5.41, 5.74) is 5.51. The van der Waals surface area contributed by atoms with E-state index in [1.54, 1.807) is 0 Å². The first-order valence-corrected chi connectivity index (χ1v) is 7.32. The zero-order valence-electron chi connectivity index (χ0n) is 11.7. The summed E-state index contributed by atoms with van der Waals surface area (Å²) in [6, 6.07) is 0. The molecule has 1 fully saturated rings. The zero-order valence-corrected chi connectivity index (χ0v) is 11.7. The van der Waals surface area contributed by atoms with Crippen LogP contribution in [0.25, 0.3) is 0 Å². The van der Waals surface area contributed by atoms with Gasteiger partial charge in [-0.2, -0.15) is 5.10 Å². The summed E-state index contributed by atoms with van der Waals surface area (Å²) in [5.74, 6) is 4.32. The van der Waals surface area contributed by atoms with Gasteiger partial charge in [0.25, 0.3) is 0 Å². The average molecular weight is 250 g/mol. The van der Waals surface area contributed by atoms with Gasteiger partial charge in [0, 0.05) is 12.3 Å². The molecule has 0 unspecified atom stereocenters. The van der Waals surface area contributed by atoms with Gasteiger partial charge in [0.15, 0.2) is 5.82 Å². The highest BCUT2D eigenvalue weighted by molar-refractivity contribution is 5.00. The van der Waals surface area contributed by atoms with Crippen LogP contribution in [0.1, 0.15) is 63.5 Å². The second kappa shape index (κ2) is 6.32. The third kappa shape index (κ3) is 3.31. The first-order valence-electron chi connectivity index (χ1n) is 7.32. The molecule has 1 aromatic rings. The Labute approximate surface area is 110 Å². The van der Waals surface area contributed by atoms with Gasteiger partial charge in [-0.15, -0.1) is 0 Å². The van der Waals surface area contributed by atoms with Crippen molar-refractivity contribution < 1.29 is 0 Å². The Morgan fingerprint density at radius 3 is 2.61 bits per heavy atom. The Morgan fingerprint density at radius 2 is 2.00 bits per heavy atom. The van der Waals surface area contributed by atoms with E-state index in [4.69, 9.17) is 5.73 Å². The Balaban J connectivity index is 1.87. The maximum atomic E-state index is 5.51. The van der Waals surface area contributed by atoms with E-state index in [2.05, 4.69) is 29.0 Å². The Bertz CT molecular complexity index is 350. The Kier molecular flexibility index (Phi) is 4.75. The van der Waals surface area contributed by atoms with Gasteiger partial charge < -0.3 is 5.73 Å². The summed E-state index contributed by atoms with van der Waals surface area (Å²) in [6.45, 7) is 5.39. The van der Waals surface area contributed by atoms with Gasteiger partial charge in [0.05, 0.1) is 0 Å². The Morgan fingerprint density at radius 1 is 1.28 bits per heavy atom. The van der Waals surface area contributed by atoms with Gasteiger partial charge >= 0.3 is 0 Å². The maximum absolute atomic E-state index is 5.51. The van der Waals surface area contributed by atoms with Crippen molar-refractivity contribution in [2.75, 3.05) is 6.54 Å². The summed E-state index contributed by atoms with van der Waals surface area (Å²) >= 11 is 0. The van der Waals surface area contributed by atoms with E-state index >= 15 is 0 Å². The minimum absolute atomic E-state index is 0.572. The summed E-state index contributed by atoms with van der Waals surface area (Å²) < 4.78 is 0. The van der Waals surface area contributed by atoms with Crippen LogP contribution in [0.5, 0.6) is 0 Å².